The van der Waals surface area contributed by atoms with Crippen LogP contribution in [0.25, 0.3) is 0 Å². The normalized spacial score (nSPS) is 13.2. The van der Waals surface area contributed by atoms with Crippen molar-refractivity contribution in [2.75, 3.05) is 0 Å². The van der Waals surface area contributed by atoms with E-state index in [1.54, 1.807) is 0 Å². The van der Waals surface area contributed by atoms with Crippen molar-refractivity contribution in [2.24, 2.45) is 5.92 Å². The summed E-state index contributed by atoms with van der Waals surface area (Å²) in [5.41, 5.74) is 0.812. The lowest BCUT2D eigenvalue weighted by molar-refractivity contribution is 0.159. The lowest BCUT2D eigenvalue weighted by Gasteiger charge is -2.14. The highest BCUT2D eigenvalue weighted by Gasteiger charge is 2.13. The molecular formula is C12H16BrClO. The van der Waals surface area contributed by atoms with E-state index < -0.39 is 6.10 Å². The molecule has 0 aliphatic rings. The van der Waals surface area contributed by atoms with Crippen LogP contribution < -0.4 is 0 Å². The fourth-order valence-electron chi connectivity index (χ4n) is 1.42. The molecule has 1 atom stereocenters. The maximum Gasteiger partial charge on any atom is 0.0805 e. The average Bonchev–Trinajstić information content (AvgIpc) is 2.18. The van der Waals surface area contributed by atoms with Gasteiger partial charge in [-0.2, -0.15) is 0 Å². The first-order valence-electron chi connectivity index (χ1n) is 5.14. The Morgan fingerprint density at radius 1 is 1.33 bits per heavy atom. The largest absolute Gasteiger partial charge is 0.388 e. The van der Waals surface area contributed by atoms with Crippen LogP contribution in [-0.4, -0.2) is 5.11 Å². The third-order valence-electron chi connectivity index (χ3n) is 2.36. The van der Waals surface area contributed by atoms with Gasteiger partial charge >= 0.3 is 0 Å². The molecule has 0 spiro atoms. The Morgan fingerprint density at radius 3 is 2.60 bits per heavy atom. The second kappa shape index (κ2) is 5.88. The van der Waals surface area contributed by atoms with Crippen LogP contribution in [0.15, 0.2) is 22.7 Å². The average molecular weight is 292 g/mol. The highest BCUT2D eigenvalue weighted by atomic mass is 79.9. The predicted molar refractivity (Wildman–Crippen MR) is 68.2 cm³/mol. The first-order valence-corrected chi connectivity index (χ1v) is 6.31. The molecule has 15 heavy (non-hydrogen) atoms. The smallest absolute Gasteiger partial charge is 0.0805 e. The van der Waals surface area contributed by atoms with E-state index in [0.29, 0.717) is 10.9 Å². The van der Waals surface area contributed by atoms with E-state index in [0.717, 1.165) is 22.9 Å². The molecule has 1 nitrogen and oxygen atoms in total. The summed E-state index contributed by atoms with van der Waals surface area (Å²) in [6.45, 7) is 4.30. The minimum atomic E-state index is -0.461. The van der Waals surface area contributed by atoms with Crippen molar-refractivity contribution in [1.82, 2.24) is 0 Å². The van der Waals surface area contributed by atoms with Crippen LogP contribution in [0.2, 0.25) is 5.02 Å². The quantitative estimate of drug-likeness (QED) is 0.861. The number of hydrogen-bond acceptors (Lipinski definition) is 1. The highest BCUT2D eigenvalue weighted by Crippen LogP contribution is 2.32. The summed E-state index contributed by atoms with van der Waals surface area (Å²) in [5.74, 6) is 0.602. The third kappa shape index (κ3) is 3.78. The van der Waals surface area contributed by atoms with Crippen molar-refractivity contribution in [3.8, 4) is 0 Å². The number of halogens is 2. The molecule has 0 amide bonds. The fraction of sp³-hybridized carbons (Fsp3) is 0.500. The maximum atomic E-state index is 9.97. The van der Waals surface area contributed by atoms with Gasteiger partial charge in [-0.05, 0) is 40.8 Å². The van der Waals surface area contributed by atoms with E-state index >= 15 is 0 Å². The van der Waals surface area contributed by atoms with Gasteiger partial charge in [0.1, 0.15) is 0 Å². The highest BCUT2D eigenvalue weighted by molar-refractivity contribution is 9.10. The maximum absolute atomic E-state index is 9.97. The van der Waals surface area contributed by atoms with Gasteiger partial charge in [-0.3, -0.25) is 0 Å². The van der Waals surface area contributed by atoms with Crippen molar-refractivity contribution in [2.45, 2.75) is 32.8 Å². The number of aliphatic hydroxyl groups excluding tert-OH is 1. The Kier molecular flexibility index (Phi) is 5.10. The van der Waals surface area contributed by atoms with Crippen LogP contribution in [0.1, 0.15) is 38.4 Å². The number of rotatable bonds is 4. The van der Waals surface area contributed by atoms with Gasteiger partial charge in [-0.1, -0.05) is 37.6 Å². The summed E-state index contributed by atoms with van der Waals surface area (Å²) in [6.07, 6.45) is 1.30. The van der Waals surface area contributed by atoms with Crippen molar-refractivity contribution in [3.63, 3.8) is 0 Å². The molecule has 1 N–H and O–H groups in total. The van der Waals surface area contributed by atoms with Gasteiger partial charge in [0.05, 0.1) is 11.1 Å². The Balaban J connectivity index is 2.73. The first-order chi connectivity index (χ1) is 7.02. The lowest BCUT2D eigenvalue weighted by atomic mass is 10.00. The summed E-state index contributed by atoms with van der Waals surface area (Å²) in [4.78, 5) is 0. The van der Waals surface area contributed by atoms with Gasteiger partial charge in [-0.25, -0.2) is 0 Å². The first kappa shape index (κ1) is 13.0. The summed E-state index contributed by atoms with van der Waals surface area (Å²) in [5, 5.41) is 10.6. The van der Waals surface area contributed by atoms with Crippen LogP contribution in [0.5, 0.6) is 0 Å². The van der Waals surface area contributed by atoms with Crippen LogP contribution in [0.4, 0.5) is 0 Å². The van der Waals surface area contributed by atoms with Gasteiger partial charge in [-0.15, -0.1) is 0 Å². The van der Waals surface area contributed by atoms with Crippen molar-refractivity contribution in [1.29, 1.82) is 0 Å². The zero-order chi connectivity index (χ0) is 11.4. The lowest BCUT2D eigenvalue weighted by Crippen LogP contribution is -2.00. The van der Waals surface area contributed by atoms with Crippen molar-refractivity contribution >= 4 is 27.5 Å². The SMILES string of the molecule is CC(C)CCC(O)c1cccc(Br)c1Cl. The summed E-state index contributed by atoms with van der Waals surface area (Å²) in [7, 11) is 0. The Bertz CT molecular complexity index is 325. The zero-order valence-corrected chi connectivity index (χ0v) is 11.3. The van der Waals surface area contributed by atoms with Crippen LogP contribution >= 0.6 is 27.5 Å². The Morgan fingerprint density at radius 2 is 2.00 bits per heavy atom. The predicted octanol–water partition coefficient (Wildman–Crippen LogP) is 4.57. The standard InChI is InChI=1S/C12H16BrClO/c1-8(2)6-7-11(15)9-4-3-5-10(13)12(9)14/h3-5,8,11,15H,6-7H2,1-2H3. The molecule has 3 heteroatoms. The Hall–Kier alpha value is -0.0500. The monoisotopic (exact) mass is 290 g/mol. The molecule has 0 aromatic heterocycles. The molecule has 1 unspecified atom stereocenters. The molecule has 84 valence electrons. The second-order valence-electron chi connectivity index (χ2n) is 4.13. The fourth-order valence-corrected chi connectivity index (χ4v) is 2.06. The number of aliphatic hydroxyl groups is 1. The van der Waals surface area contributed by atoms with E-state index in [1.165, 1.54) is 0 Å². The number of hydrogen-bond donors (Lipinski definition) is 1. The summed E-state index contributed by atoms with van der Waals surface area (Å²) in [6, 6.07) is 5.64. The topological polar surface area (TPSA) is 20.2 Å². The van der Waals surface area contributed by atoms with Gasteiger partial charge < -0.3 is 5.11 Å². The minimum absolute atomic E-state index is 0.461. The van der Waals surface area contributed by atoms with Gasteiger partial charge in [0, 0.05) is 10.0 Å². The molecule has 0 fully saturated rings. The third-order valence-corrected chi connectivity index (χ3v) is 3.67. The molecular weight excluding hydrogens is 275 g/mol. The summed E-state index contributed by atoms with van der Waals surface area (Å²) < 4.78 is 0.838. The van der Waals surface area contributed by atoms with Crippen molar-refractivity contribution in [3.05, 3.63) is 33.3 Å². The Labute approximate surface area is 105 Å². The molecule has 0 radical (unpaired) electrons. The minimum Gasteiger partial charge on any atom is -0.388 e. The molecule has 1 rings (SSSR count). The van der Waals surface area contributed by atoms with E-state index in [4.69, 9.17) is 11.6 Å². The molecule has 0 saturated heterocycles. The molecule has 0 aliphatic carbocycles. The van der Waals surface area contributed by atoms with Gasteiger partial charge in [0.15, 0.2) is 0 Å². The molecule has 0 bridgehead atoms. The van der Waals surface area contributed by atoms with E-state index in [2.05, 4.69) is 29.8 Å². The molecule has 0 aliphatic heterocycles. The van der Waals surface area contributed by atoms with Gasteiger partial charge in [0.25, 0.3) is 0 Å². The van der Waals surface area contributed by atoms with E-state index in [-0.39, 0.29) is 0 Å². The van der Waals surface area contributed by atoms with Crippen molar-refractivity contribution < 1.29 is 5.11 Å². The number of benzene rings is 1. The van der Waals surface area contributed by atoms with E-state index in [1.807, 2.05) is 18.2 Å². The van der Waals surface area contributed by atoms with Crippen LogP contribution in [0.3, 0.4) is 0 Å². The molecule has 1 aromatic rings. The second-order valence-corrected chi connectivity index (χ2v) is 5.36. The molecule has 1 aromatic carbocycles. The van der Waals surface area contributed by atoms with Gasteiger partial charge in [0.2, 0.25) is 0 Å². The molecule has 0 saturated carbocycles. The zero-order valence-electron chi connectivity index (χ0n) is 9.00. The van der Waals surface area contributed by atoms with Crippen LogP contribution in [-0.2, 0) is 0 Å². The molecule has 0 heterocycles. The van der Waals surface area contributed by atoms with Crippen LogP contribution in [0, 0.1) is 5.92 Å². The van der Waals surface area contributed by atoms with E-state index in [9.17, 15) is 5.11 Å². The summed E-state index contributed by atoms with van der Waals surface area (Å²) >= 11 is 9.45.